The third kappa shape index (κ3) is 2.09. The van der Waals surface area contributed by atoms with Crippen molar-refractivity contribution in [2.75, 3.05) is 0 Å². The first-order valence-electron chi connectivity index (χ1n) is 5.31. The fraction of sp³-hybridized carbons (Fsp3) is 0.750. The SMILES string of the molecule is C#CCCC1(C(=O)O)CCC(CC)C1. The first kappa shape index (κ1) is 11.1. The van der Waals surface area contributed by atoms with Crippen molar-refractivity contribution in [1.82, 2.24) is 0 Å². The summed E-state index contributed by atoms with van der Waals surface area (Å²) >= 11 is 0. The van der Waals surface area contributed by atoms with Crippen LogP contribution >= 0.6 is 0 Å². The minimum Gasteiger partial charge on any atom is -0.481 e. The van der Waals surface area contributed by atoms with E-state index in [1.807, 2.05) is 0 Å². The summed E-state index contributed by atoms with van der Waals surface area (Å²) in [4.78, 5) is 11.2. The van der Waals surface area contributed by atoms with E-state index in [2.05, 4.69) is 12.8 Å². The highest BCUT2D eigenvalue weighted by Gasteiger charge is 2.44. The largest absolute Gasteiger partial charge is 0.481 e. The molecule has 1 aliphatic rings. The van der Waals surface area contributed by atoms with Gasteiger partial charge in [-0.2, -0.15) is 0 Å². The highest BCUT2D eigenvalue weighted by atomic mass is 16.4. The van der Waals surface area contributed by atoms with Crippen molar-refractivity contribution in [3.8, 4) is 12.3 Å². The molecule has 2 unspecified atom stereocenters. The fourth-order valence-corrected chi connectivity index (χ4v) is 2.43. The van der Waals surface area contributed by atoms with Crippen molar-refractivity contribution in [2.24, 2.45) is 11.3 Å². The number of carboxylic acid groups (broad SMARTS) is 1. The number of rotatable bonds is 4. The van der Waals surface area contributed by atoms with Gasteiger partial charge in [0.1, 0.15) is 0 Å². The quantitative estimate of drug-likeness (QED) is 0.699. The van der Waals surface area contributed by atoms with Crippen LogP contribution in [0.5, 0.6) is 0 Å². The topological polar surface area (TPSA) is 37.3 Å². The highest BCUT2D eigenvalue weighted by Crippen LogP contribution is 2.46. The number of hydrogen-bond acceptors (Lipinski definition) is 1. The van der Waals surface area contributed by atoms with Crippen LogP contribution in [0.15, 0.2) is 0 Å². The maximum Gasteiger partial charge on any atom is 0.309 e. The summed E-state index contributed by atoms with van der Waals surface area (Å²) in [6.07, 6.45) is 10.2. The molecule has 1 fully saturated rings. The maximum atomic E-state index is 11.2. The molecule has 1 saturated carbocycles. The third-order valence-electron chi connectivity index (χ3n) is 3.49. The van der Waals surface area contributed by atoms with Crippen LogP contribution in [0.3, 0.4) is 0 Å². The van der Waals surface area contributed by atoms with Crippen molar-refractivity contribution >= 4 is 5.97 Å². The molecule has 0 radical (unpaired) electrons. The lowest BCUT2D eigenvalue weighted by Gasteiger charge is -2.23. The van der Waals surface area contributed by atoms with E-state index in [0.29, 0.717) is 18.8 Å². The van der Waals surface area contributed by atoms with E-state index in [0.717, 1.165) is 25.7 Å². The molecule has 0 aromatic rings. The molecule has 1 N–H and O–H groups in total. The molecule has 2 heteroatoms. The van der Waals surface area contributed by atoms with E-state index in [4.69, 9.17) is 6.42 Å². The Kier molecular flexibility index (Phi) is 3.57. The number of carboxylic acids is 1. The normalized spacial score (nSPS) is 31.3. The molecule has 14 heavy (non-hydrogen) atoms. The Hall–Kier alpha value is -0.970. The molecule has 1 rings (SSSR count). The van der Waals surface area contributed by atoms with Crippen LogP contribution in [-0.2, 0) is 4.79 Å². The lowest BCUT2D eigenvalue weighted by Crippen LogP contribution is -2.28. The predicted octanol–water partition coefficient (Wildman–Crippen LogP) is 2.68. The molecule has 0 spiro atoms. The van der Waals surface area contributed by atoms with Crippen molar-refractivity contribution in [2.45, 2.75) is 45.4 Å². The summed E-state index contributed by atoms with van der Waals surface area (Å²) in [5.74, 6) is 2.48. The molecule has 0 bridgehead atoms. The van der Waals surface area contributed by atoms with Crippen LogP contribution in [0, 0.1) is 23.7 Å². The molecule has 0 heterocycles. The van der Waals surface area contributed by atoms with Crippen molar-refractivity contribution in [1.29, 1.82) is 0 Å². The van der Waals surface area contributed by atoms with Crippen LogP contribution in [-0.4, -0.2) is 11.1 Å². The smallest absolute Gasteiger partial charge is 0.309 e. The van der Waals surface area contributed by atoms with Gasteiger partial charge in [-0.15, -0.1) is 12.3 Å². The van der Waals surface area contributed by atoms with Crippen LogP contribution in [0.4, 0.5) is 0 Å². The second-order valence-electron chi connectivity index (χ2n) is 4.31. The van der Waals surface area contributed by atoms with Gasteiger partial charge < -0.3 is 5.11 Å². The summed E-state index contributed by atoms with van der Waals surface area (Å²) < 4.78 is 0. The van der Waals surface area contributed by atoms with E-state index >= 15 is 0 Å². The molecular formula is C12H18O2. The Labute approximate surface area is 85.7 Å². The van der Waals surface area contributed by atoms with Gasteiger partial charge >= 0.3 is 5.97 Å². The van der Waals surface area contributed by atoms with Gasteiger partial charge in [0.05, 0.1) is 5.41 Å². The maximum absolute atomic E-state index is 11.2. The Morgan fingerprint density at radius 2 is 2.43 bits per heavy atom. The summed E-state index contributed by atoms with van der Waals surface area (Å²) in [5.41, 5.74) is -0.507. The first-order valence-corrected chi connectivity index (χ1v) is 5.31. The lowest BCUT2D eigenvalue weighted by molar-refractivity contribution is -0.149. The number of carbonyl (C=O) groups is 1. The molecule has 78 valence electrons. The first-order chi connectivity index (χ1) is 6.64. The van der Waals surface area contributed by atoms with Crippen LogP contribution in [0.25, 0.3) is 0 Å². The fourth-order valence-electron chi connectivity index (χ4n) is 2.43. The molecule has 0 saturated heterocycles. The zero-order chi connectivity index (χ0) is 10.6. The highest BCUT2D eigenvalue weighted by molar-refractivity contribution is 5.75. The summed E-state index contributed by atoms with van der Waals surface area (Å²) in [6.45, 7) is 2.13. The average molecular weight is 194 g/mol. The molecule has 2 atom stereocenters. The van der Waals surface area contributed by atoms with Crippen molar-refractivity contribution < 1.29 is 9.90 Å². The molecule has 0 aromatic carbocycles. The summed E-state index contributed by atoms with van der Waals surface area (Å²) in [5, 5.41) is 9.24. The minimum absolute atomic E-state index is 0.507. The monoisotopic (exact) mass is 194 g/mol. The Morgan fingerprint density at radius 3 is 2.86 bits per heavy atom. The van der Waals surface area contributed by atoms with E-state index in [1.165, 1.54) is 0 Å². The zero-order valence-corrected chi connectivity index (χ0v) is 8.75. The van der Waals surface area contributed by atoms with E-state index in [9.17, 15) is 9.90 Å². The molecular weight excluding hydrogens is 176 g/mol. The second-order valence-corrected chi connectivity index (χ2v) is 4.31. The van der Waals surface area contributed by atoms with Crippen LogP contribution in [0.2, 0.25) is 0 Å². The van der Waals surface area contributed by atoms with E-state index < -0.39 is 11.4 Å². The Bertz CT molecular complexity index is 252. The molecule has 2 nitrogen and oxygen atoms in total. The van der Waals surface area contributed by atoms with Gasteiger partial charge in [-0.05, 0) is 31.6 Å². The van der Waals surface area contributed by atoms with Crippen molar-refractivity contribution in [3.05, 3.63) is 0 Å². The third-order valence-corrected chi connectivity index (χ3v) is 3.49. The van der Waals surface area contributed by atoms with Crippen molar-refractivity contribution in [3.63, 3.8) is 0 Å². The molecule has 0 aromatic heterocycles. The minimum atomic E-state index is -0.649. The van der Waals surface area contributed by atoms with Gasteiger partial charge in [0.15, 0.2) is 0 Å². The van der Waals surface area contributed by atoms with Crippen LogP contribution < -0.4 is 0 Å². The van der Waals surface area contributed by atoms with Gasteiger partial charge in [0.2, 0.25) is 0 Å². The van der Waals surface area contributed by atoms with Gasteiger partial charge in [0.25, 0.3) is 0 Å². The van der Waals surface area contributed by atoms with E-state index in [1.54, 1.807) is 0 Å². The Balaban J connectivity index is 2.66. The predicted molar refractivity (Wildman–Crippen MR) is 55.8 cm³/mol. The standard InChI is InChI=1S/C12H18O2/c1-3-5-7-12(11(13)14)8-6-10(4-2)9-12/h1,10H,4-9H2,2H3,(H,13,14). The number of hydrogen-bond donors (Lipinski definition) is 1. The summed E-state index contributed by atoms with van der Waals surface area (Å²) in [7, 11) is 0. The van der Waals surface area contributed by atoms with Gasteiger partial charge in [-0.3, -0.25) is 4.79 Å². The number of aliphatic carboxylic acids is 1. The van der Waals surface area contributed by atoms with E-state index in [-0.39, 0.29) is 0 Å². The average Bonchev–Trinajstić information content (AvgIpc) is 2.59. The molecule has 1 aliphatic carbocycles. The second kappa shape index (κ2) is 4.50. The van der Waals surface area contributed by atoms with Gasteiger partial charge in [0, 0.05) is 6.42 Å². The van der Waals surface area contributed by atoms with Gasteiger partial charge in [-0.25, -0.2) is 0 Å². The summed E-state index contributed by atoms with van der Waals surface area (Å²) in [6, 6.07) is 0. The van der Waals surface area contributed by atoms with Gasteiger partial charge in [-0.1, -0.05) is 13.3 Å². The lowest BCUT2D eigenvalue weighted by atomic mass is 9.80. The molecule has 0 aliphatic heterocycles. The zero-order valence-electron chi connectivity index (χ0n) is 8.75. The Morgan fingerprint density at radius 1 is 1.71 bits per heavy atom. The molecule has 0 amide bonds. The van der Waals surface area contributed by atoms with Crippen LogP contribution in [0.1, 0.15) is 45.4 Å². The number of terminal acetylenes is 1.